The zero-order chi connectivity index (χ0) is 17.8. The minimum absolute atomic E-state index is 0.363. The summed E-state index contributed by atoms with van der Waals surface area (Å²) in [5.41, 5.74) is 1.39. The van der Waals surface area contributed by atoms with Crippen molar-refractivity contribution in [2.45, 2.75) is 6.92 Å². The number of nitrogens with one attached hydrogen (secondary N) is 2. The van der Waals surface area contributed by atoms with E-state index in [4.69, 9.17) is 0 Å². The van der Waals surface area contributed by atoms with Crippen molar-refractivity contribution < 1.29 is 9.18 Å². The van der Waals surface area contributed by atoms with Crippen molar-refractivity contribution in [1.29, 1.82) is 0 Å². The van der Waals surface area contributed by atoms with Crippen molar-refractivity contribution in [3.05, 3.63) is 42.0 Å². The summed E-state index contributed by atoms with van der Waals surface area (Å²) in [7, 11) is 2.09. The third kappa shape index (κ3) is 4.42. The topological polar surface area (TPSA) is 73.4 Å². The molecule has 132 valence electrons. The van der Waals surface area contributed by atoms with E-state index >= 15 is 0 Å². The van der Waals surface area contributed by atoms with Crippen LogP contribution in [-0.2, 0) is 0 Å². The lowest BCUT2D eigenvalue weighted by molar-refractivity contribution is 0.262. The van der Waals surface area contributed by atoms with Crippen LogP contribution in [0.1, 0.15) is 5.56 Å². The quantitative estimate of drug-likeness (QED) is 0.894. The SMILES string of the molecule is Cc1ccc(NC(=O)Nc2cnc(N3CCN(C)CC3)nc2)cc1F. The second kappa shape index (κ2) is 7.43. The van der Waals surface area contributed by atoms with Crippen LogP contribution in [0.5, 0.6) is 0 Å². The number of nitrogens with zero attached hydrogens (tertiary/aromatic N) is 4. The van der Waals surface area contributed by atoms with Gasteiger partial charge in [-0.2, -0.15) is 0 Å². The van der Waals surface area contributed by atoms with Gasteiger partial charge in [0.1, 0.15) is 5.82 Å². The van der Waals surface area contributed by atoms with Crippen LogP contribution in [0, 0.1) is 12.7 Å². The number of carbonyl (C=O) groups is 1. The van der Waals surface area contributed by atoms with E-state index in [0.717, 1.165) is 26.2 Å². The minimum Gasteiger partial charge on any atom is -0.338 e. The van der Waals surface area contributed by atoms with Gasteiger partial charge in [0.15, 0.2) is 0 Å². The molecule has 1 aliphatic rings. The van der Waals surface area contributed by atoms with Crippen molar-refractivity contribution in [2.75, 3.05) is 48.8 Å². The minimum atomic E-state index is -0.473. The molecule has 2 aromatic rings. The van der Waals surface area contributed by atoms with Crippen molar-refractivity contribution in [2.24, 2.45) is 0 Å². The summed E-state index contributed by atoms with van der Waals surface area (Å²) in [4.78, 5) is 25.0. The average Bonchev–Trinajstić information content (AvgIpc) is 2.60. The molecular formula is C17H21FN6O. The first-order valence-corrected chi connectivity index (χ1v) is 8.11. The Kier molecular flexibility index (Phi) is 5.08. The maximum Gasteiger partial charge on any atom is 0.323 e. The van der Waals surface area contributed by atoms with E-state index in [9.17, 15) is 9.18 Å². The van der Waals surface area contributed by atoms with Gasteiger partial charge >= 0.3 is 6.03 Å². The molecule has 3 rings (SSSR count). The van der Waals surface area contributed by atoms with E-state index in [1.165, 1.54) is 6.07 Å². The summed E-state index contributed by atoms with van der Waals surface area (Å²) < 4.78 is 13.5. The van der Waals surface area contributed by atoms with Crippen LogP contribution in [0.25, 0.3) is 0 Å². The van der Waals surface area contributed by atoms with Crippen LogP contribution in [-0.4, -0.2) is 54.1 Å². The number of urea groups is 1. The number of piperazine rings is 1. The third-order valence-electron chi connectivity index (χ3n) is 4.11. The lowest BCUT2D eigenvalue weighted by Gasteiger charge is -2.32. The van der Waals surface area contributed by atoms with Gasteiger partial charge in [-0.3, -0.25) is 0 Å². The molecule has 0 saturated carbocycles. The second-order valence-electron chi connectivity index (χ2n) is 6.11. The predicted octanol–water partition coefficient (Wildman–Crippen LogP) is 2.32. The van der Waals surface area contributed by atoms with Gasteiger partial charge in [0.25, 0.3) is 0 Å². The summed E-state index contributed by atoms with van der Waals surface area (Å²) in [6.45, 7) is 5.36. The molecular weight excluding hydrogens is 323 g/mol. The summed E-state index contributed by atoms with van der Waals surface area (Å²) in [5.74, 6) is 0.289. The molecule has 1 aromatic carbocycles. The molecule has 0 unspecified atom stereocenters. The predicted molar refractivity (Wildman–Crippen MR) is 95.5 cm³/mol. The number of aryl methyl sites for hydroxylation is 1. The zero-order valence-corrected chi connectivity index (χ0v) is 14.3. The molecule has 0 spiro atoms. The molecule has 8 heteroatoms. The van der Waals surface area contributed by atoms with Gasteiger partial charge in [-0.05, 0) is 31.7 Å². The molecule has 1 aliphatic heterocycles. The van der Waals surface area contributed by atoms with Crippen molar-refractivity contribution >= 4 is 23.4 Å². The highest BCUT2D eigenvalue weighted by Crippen LogP contribution is 2.15. The van der Waals surface area contributed by atoms with Crippen LogP contribution in [0.15, 0.2) is 30.6 Å². The molecule has 1 fully saturated rings. The van der Waals surface area contributed by atoms with Crippen LogP contribution in [0.3, 0.4) is 0 Å². The molecule has 0 aliphatic carbocycles. The van der Waals surface area contributed by atoms with Gasteiger partial charge in [0, 0.05) is 31.9 Å². The van der Waals surface area contributed by atoms with Gasteiger partial charge in [0.05, 0.1) is 18.1 Å². The highest BCUT2D eigenvalue weighted by Gasteiger charge is 2.16. The summed E-state index contributed by atoms with van der Waals surface area (Å²) in [6.07, 6.45) is 3.13. The Morgan fingerprint density at radius 1 is 1.08 bits per heavy atom. The lowest BCUT2D eigenvalue weighted by atomic mass is 10.2. The summed E-state index contributed by atoms with van der Waals surface area (Å²) in [6, 6.07) is 4.06. The number of halogens is 1. The van der Waals surface area contributed by atoms with Crippen molar-refractivity contribution in [3.8, 4) is 0 Å². The number of hydrogen-bond acceptors (Lipinski definition) is 5. The monoisotopic (exact) mass is 344 g/mol. The average molecular weight is 344 g/mol. The smallest absolute Gasteiger partial charge is 0.323 e. The normalized spacial score (nSPS) is 15.1. The molecule has 0 radical (unpaired) electrons. The summed E-state index contributed by atoms with van der Waals surface area (Å²) in [5, 5.41) is 5.22. The number of aromatic nitrogens is 2. The van der Waals surface area contributed by atoms with Gasteiger partial charge in [-0.25, -0.2) is 19.2 Å². The van der Waals surface area contributed by atoms with Crippen LogP contribution in [0.2, 0.25) is 0 Å². The highest BCUT2D eigenvalue weighted by atomic mass is 19.1. The number of benzene rings is 1. The number of amides is 2. The largest absolute Gasteiger partial charge is 0.338 e. The Balaban J connectivity index is 1.57. The van der Waals surface area contributed by atoms with Gasteiger partial charge in [0.2, 0.25) is 5.95 Å². The number of anilines is 3. The van der Waals surface area contributed by atoms with Crippen molar-refractivity contribution in [1.82, 2.24) is 14.9 Å². The fraction of sp³-hybridized carbons (Fsp3) is 0.353. The second-order valence-corrected chi connectivity index (χ2v) is 6.11. The van der Waals surface area contributed by atoms with E-state index in [1.54, 1.807) is 31.5 Å². The fourth-order valence-corrected chi connectivity index (χ4v) is 2.52. The van der Waals surface area contributed by atoms with Gasteiger partial charge in [-0.1, -0.05) is 6.07 Å². The van der Waals surface area contributed by atoms with Crippen LogP contribution in [0.4, 0.5) is 26.5 Å². The molecule has 2 N–H and O–H groups in total. The zero-order valence-electron chi connectivity index (χ0n) is 14.3. The third-order valence-corrected chi connectivity index (χ3v) is 4.11. The maximum atomic E-state index is 13.5. The molecule has 1 saturated heterocycles. The van der Waals surface area contributed by atoms with Gasteiger partial charge < -0.3 is 20.4 Å². The van der Waals surface area contributed by atoms with E-state index in [1.807, 2.05) is 0 Å². The number of hydrogen-bond donors (Lipinski definition) is 2. The van der Waals surface area contributed by atoms with Crippen LogP contribution < -0.4 is 15.5 Å². The first-order valence-electron chi connectivity index (χ1n) is 8.11. The van der Waals surface area contributed by atoms with Crippen molar-refractivity contribution in [3.63, 3.8) is 0 Å². The molecule has 25 heavy (non-hydrogen) atoms. The number of carbonyl (C=O) groups excluding carboxylic acids is 1. The molecule has 2 amide bonds. The van der Waals surface area contributed by atoms with Gasteiger partial charge in [-0.15, -0.1) is 0 Å². The van der Waals surface area contributed by atoms with E-state index in [0.29, 0.717) is 22.9 Å². The summed E-state index contributed by atoms with van der Waals surface area (Å²) >= 11 is 0. The number of likely N-dealkylation sites (N-methyl/N-ethyl adjacent to an activating group) is 1. The Bertz CT molecular complexity index is 743. The Hall–Kier alpha value is -2.74. The Morgan fingerprint density at radius 2 is 1.72 bits per heavy atom. The first-order chi connectivity index (χ1) is 12.0. The maximum absolute atomic E-state index is 13.5. The number of rotatable bonds is 3. The Labute approximate surface area is 145 Å². The lowest BCUT2D eigenvalue weighted by Crippen LogP contribution is -2.45. The molecule has 0 bridgehead atoms. The van der Waals surface area contributed by atoms with E-state index in [2.05, 4.69) is 37.4 Å². The fourth-order valence-electron chi connectivity index (χ4n) is 2.52. The molecule has 1 aromatic heterocycles. The van der Waals surface area contributed by atoms with E-state index in [-0.39, 0.29) is 5.82 Å². The highest BCUT2D eigenvalue weighted by molar-refractivity contribution is 5.99. The first kappa shape index (κ1) is 17.1. The Morgan fingerprint density at radius 3 is 2.36 bits per heavy atom. The molecule has 0 atom stereocenters. The van der Waals surface area contributed by atoms with E-state index < -0.39 is 6.03 Å². The van der Waals surface area contributed by atoms with Crippen LogP contribution >= 0.6 is 0 Å². The molecule has 2 heterocycles. The molecule has 7 nitrogen and oxygen atoms in total. The standard InChI is InChI=1S/C17H21FN6O/c1-12-3-4-13(9-15(12)18)21-17(25)22-14-10-19-16(20-11-14)24-7-5-23(2)6-8-24/h3-4,9-11H,5-8H2,1-2H3,(H2,21,22,25).